The molecule has 0 aliphatic heterocycles. The van der Waals surface area contributed by atoms with E-state index in [0.717, 1.165) is 0 Å². The summed E-state index contributed by atoms with van der Waals surface area (Å²) in [6, 6.07) is 7.55. The Kier molecular flexibility index (Phi) is 6.30. The van der Waals surface area contributed by atoms with Crippen LogP contribution in [-0.4, -0.2) is 16.1 Å². The number of hydrogen-bond acceptors (Lipinski definition) is 0. The highest BCUT2D eigenvalue weighted by molar-refractivity contribution is 6.96. The third-order valence-corrected chi connectivity index (χ3v) is 19.1. The number of rotatable bonds is 7. The first-order valence-electron chi connectivity index (χ1n) is 6.51. The molecule has 0 rings (SSSR count). The molecule has 0 spiro atoms. The summed E-state index contributed by atoms with van der Waals surface area (Å²) < 4.78 is 0. The van der Waals surface area contributed by atoms with Crippen molar-refractivity contribution < 1.29 is 0 Å². The van der Waals surface area contributed by atoms with Crippen LogP contribution in [0.4, 0.5) is 0 Å². The zero-order valence-electron chi connectivity index (χ0n) is 11.2. The van der Waals surface area contributed by atoms with Crippen LogP contribution in [0.3, 0.4) is 0 Å². The van der Waals surface area contributed by atoms with Crippen molar-refractivity contribution in [1.82, 2.24) is 0 Å². The highest BCUT2D eigenvalue weighted by Crippen LogP contribution is 2.33. The summed E-state index contributed by atoms with van der Waals surface area (Å²) in [7, 11) is -1.67. The molecule has 86 valence electrons. The molecule has 0 aromatic carbocycles. The molecule has 0 aliphatic carbocycles. The maximum absolute atomic E-state index is 2.63. The van der Waals surface area contributed by atoms with Gasteiger partial charge in [-0.3, -0.25) is 0 Å². The quantitative estimate of drug-likeness (QED) is 0.531. The van der Waals surface area contributed by atoms with Gasteiger partial charge in [0.1, 0.15) is 0 Å². The monoisotopic (exact) mass is 230 g/mol. The Morgan fingerprint density at radius 2 is 1.00 bits per heavy atom. The Bertz CT molecular complexity index is 138. The van der Waals surface area contributed by atoms with Gasteiger partial charge < -0.3 is 0 Å². The van der Waals surface area contributed by atoms with Crippen LogP contribution in [0.25, 0.3) is 0 Å². The third kappa shape index (κ3) is 3.54. The normalized spacial score (nSPS) is 13.3. The Morgan fingerprint density at radius 3 is 1.21 bits per heavy atom. The fourth-order valence-electron chi connectivity index (χ4n) is 2.53. The van der Waals surface area contributed by atoms with Crippen LogP contribution in [0, 0.1) is 0 Å². The van der Waals surface area contributed by atoms with Crippen LogP contribution in [0.1, 0.15) is 34.6 Å². The Morgan fingerprint density at radius 1 is 0.643 bits per heavy atom. The lowest BCUT2D eigenvalue weighted by Crippen LogP contribution is -2.43. The molecule has 0 bridgehead atoms. The predicted octanol–water partition coefficient (Wildman–Crippen LogP) is 5.15. The zero-order chi connectivity index (χ0) is 11.2. The van der Waals surface area contributed by atoms with Gasteiger partial charge in [0.2, 0.25) is 0 Å². The van der Waals surface area contributed by atoms with Crippen molar-refractivity contribution in [2.45, 2.75) is 77.1 Å². The summed E-state index contributed by atoms with van der Waals surface area (Å²) in [5, 5.41) is 0. The summed E-state index contributed by atoms with van der Waals surface area (Å²) in [6.07, 6.45) is 0. The molecule has 0 amide bonds. The Balaban J connectivity index is 4.56. The minimum Gasteiger partial charge on any atom is -0.0694 e. The SMILES string of the molecule is CC[Si](C)(CC)C[Si](CC)(CC)CC. The van der Waals surface area contributed by atoms with E-state index in [0.29, 0.717) is 0 Å². The van der Waals surface area contributed by atoms with Crippen molar-refractivity contribution in [3.63, 3.8) is 0 Å². The number of hydrogen-bond donors (Lipinski definition) is 0. The highest BCUT2D eigenvalue weighted by atomic mass is 28.4. The molecule has 0 heterocycles. The molecule has 0 saturated heterocycles. The van der Waals surface area contributed by atoms with Gasteiger partial charge in [-0.25, -0.2) is 0 Å². The largest absolute Gasteiger partial charge is 0.0694 e. The summed E-state index contributed by atoms with van der Waals surface area (Å²) in [4.78, 5) is 0. The summed E-state index contributed by atoms with van der Waals surface area (Å²) in [6.45, 7) is 14.8. The predicted molar refractivity (Wildman–Crippen MR) is 74.6 cm³/mol. The molecule has 0 aliphatic rings. The summed E-state index contributed by atoms with van der Waals surface area (Å²) >= 11 is 0. The van der Waals surface area contributed by atoms with Crippen LogP contribution in [0.2, 0.25) is 42.4 Å². The molecule has 2 heteroatoms. The van der Waals surface area contributed by atoms with E-state index >= 15 is 0 Å². The first kappa shape index (κ1) is 14.4. The minimum absolute atomic E-state index is 0.833. The van der Waals surface area contributed by atoms with E-state index in [-0.39, 0.29) is 0 Å². The van der Waals surface area contributed by atoms with Gasteiger partial charge in [0.25, 0.3) is 0 Å². The van der Waals surface area contributed by atoms with Crippen molar-refractivity contribution in [3.8, 4) is 0 Å². The van der Waals surface area contributed by atoms with Gasteiger partial charge in [0, 0.05) is 8.07 Å². The maximum Gasteiger partial charge on any atom is 0.0501 e. The van der Waals surface area contributed by atoms with E-state index in [4.69, 9.17) is 0 Å². The maximum atomic E-state index is 2.63. The molecule has 14 heavy (non-hydrogen) atoms. The van der Waals surface area contributed by atoms with Gasteiger partial charge in [-0.2, -0.15) is 0 Å². The van der Waals surface area contributed by atoms with Crippen LogP contribution in [0.5, 0.6) is 0 Å². The van der Waals surface area contributed by atoms with Crippen molar-refractivity contribution >= 4 is 16.1 Å². The fraction of sp³-hybridized carbons (Fsp3) is 1.00. The molecule has 0 unspecified atom stereocenters. The highest BCUT2D eigenvalue weighted by Gasteiger charge is 2.35. The lowest BCUT2D eigenvalue weighted by Gasteiger charge is -2.37. The third-order valence-electron chi connectivity index (χ3n) is 4.76. The van der Waals surface area contributed by atoms with Crippen molar-refractivity contribution in [1.29, 1.82) is 0 Å². The van der Waals surface area contributed by atoms with E-state index in [1.54, 1.807) is 5.67 Å². The molecule has 0 saturated carbocycles. The molecule has 0 fully saturated rings. The van der Waals surface area contributed by atoms with E-state index in [1.165, 1.54) is 30.2 Å². The van der Waals surface area contributed by atoms with E-state index in [1.807, 2.05) is 0 Å². The Hall–Kier alpha value is 0.434. The van der Waals surface area contributed by atoms with E-state index in [9.17, 15) is 0 Å². The van der Waals surface area contributed by atoms with Gasteiger partial charge in [-0.15, -0.1) is 0 Å². The second kappa shape index (κ2) is 6.11. The lowest BCUT2D eigenvalue weighted by molar-refractivity contribution is 1.13. The second-order valence-corrected chi connectivity index (χ2v) is 16.8. The van der Waals surface area contributed by atoms with Gasteiger partial charge in [0.05, 0.1) is 8.07 Å². The molecular weight excluding hydrogens is 200 g/mol. The van der Waals surface area contributed by atoms with E-state index < -0.39 is 16.1 Å². The summed E-state index contributed by atoms with van der Waals surface area (Å²) in [5.41, 5.74) is 1.69. The average molecular weight is 231 g/mol. The summed E-state index contributed by atoms with van der Waals surface area (Å²) in [5.74, 6) is 0. The van der Waals surface area contributed by atoms with Crippen LogP contribution in [0.15, 0.2) is 0 Å². The molecule has 0 radical (unpaired) electrons. The second-order valence-electron chi connectivity index (χ2n) is 5.26. The zero-order valence-corrected chi connectivity index (χ0v) is 13.2. The molecule has 0 nitrogen and oxygen atoms in total. The molecule has 0 aromatic rings. The topological polar surface area (TPSA) is 0 Å². The van der Waals surface area contributed by atoms with Gasteiger partial charge in [-0.1, -0.05) is 77.1 Å². The van der Waals surface area contributed by atoms with Crippen molar-refractivity contribution in [2.24, 2.45) is 0 Å². The van der Waals surface area contributed by atoms with Crippen molar-refractivity contribution in [2.75, 3.05) is 0 Å². The minimum atomic E-state index is -0.834. The first-order valence-corrected chi connectivity index (χ1v) is 12.5. The van der Waals surface area contributed by atoms with Crippen LogP contribution >= 0.6 is 0 Å². The van der Waals surface area contributed by atoms with Gasteiger partial charge in [-0.05, 0) is 0 Å². The average Bonchev–Trinajstić information content (AvgIpc) is 2.26. The lowest BCUT2D eigenvalue weighted by atomic mass is 10.9. The smallest absolute Gasteiger partial charge is 0.0501 e. The van der Waals surface area contributed by atoms with Gasteiger partial charge >= 0.3 is 0 Å². The first-order chi connectivity index (χ1) is 6.51. The van der Waals surface area contributed by atoms with Crippen LogP contribution in [-0.2, 0) is 0 Å². The van der Waals surface area contributed by atoms with E-state index in [2.05, 4.69) is 41.2 Å². The molecule has 0 atom stereocenters. The molecule has 0 aromatic heterocycles. The molecule has 0 N–H and O–H groups in total. The van der Waals surface area contributed by atoms with Gasteiger partial charge in [0.15, 0.2) is 0 Å². The Labute approximate surface area is 93.5 Å². The standard InChI is InChI=1S/C12H30Si2/c1-7-13(6,8-2)12-14(9-3,10-4)11-5/h7-12H2,1-6H3. The molecular formula is C12H30Si2. The fourth-order valence-corrected chi connectivity index (χ4v) is 16.8. The van der Waals surface area contributed by atoms with Crippen molar-refractivity contribution in [3.05, 3.63) is 0 Å². The van der Waals surface area contributed by atoms with Crippen LogP contribution < -0.4 is 0 Å².